The van der Waals surface area contributed by atoms with E-state index in [2.05, 4.69) is 74.7 Å². The zero-order valence-electron chi connectivity index (χ0n) is 16.6. The van der Waals surface area contributed by atoms with Crippen molar-refractivity contribution in [3.05, 3.63) is 12.7 Å². The molecule has 0 aliphatic rings. The first-order valence-electron chi connectivity index (χ1n) is 8.41. The smallest absolute Gasteiger partial charge is 0.398 e. The monoisotopic (exact) mass is 376 g/mol. The lowest BCUT2D eigenvalue weighted by atomic mass is 10.3. The highest BCUT2D eigenvalue weighted by molar-refractivity contribution is 6.85. The molecule has 4 nitrogen and oxygen atoms in total. The van der Waals surface area contributed by atoms with Crippen LogP contribution in [0.5, 0.6) is 0 Å². The lowest BCUT2D eigenvalue weighted by Crippen LogP contribution is -2.58. The summed E-state index contributed by atoms with van der Waals surface area (Å²) < 4.78 is 18.9. The fourth-order valence-electron chi connectivity index (χ4n) is 2.37. The first-order valence-corrected chi connectivity index (χ1v) is 15.4. The lowest BCUT2D eigenvalue weighted by molar-refractivity contribution is -0.131. The predicted octanol–water partition coefficient (Wildman–Crippen LogP) is 4.87. The van der Waals surface area contributed by atoms with Gasteiger partial charge < -0.3 is 12.7 Å². The molecule has 0 aromatic heterocycles. The van der Waals surface area contributed by atoms with Crippen molar-refractivity contribution in [2.24, 2.45) is 0 Å². The highest BCUT2D eigenvalue weighted by atomic mass is 28.5. The zero-order chi connectivity index (χ0) is 18.6. The summed E-state index contributed by atoms with van der Waals surface area (Å²) in [7, 11) is -6.57. The molecule has 0 heterocycles. The second-order valence-electron chi connectivity index (χ2n) is 8.28. The molecule has 0 rings (SSSR count). The minimum Gasteiger partial charge on any atom is -0.491 e. The van der Waals surface area contributed by atoms with Gasteiger partial charge in [-0.1, -0.05) is 55.0 Å². The van der Waals surface area contributed by atoms with E-state index in [9.17, 15) is 4.79 Å². The Morgan fingerprint density at radius 3 is 1.87 bits per heavy atom. The molecule has 136 valence electrons. The van der Waals surface area contributed by atoms with E-state index < -0.39 is 32.1 Å². The fraction of sp³-hybridized carbons (Fsp3) is 0.812. The molecule has 0 aromatic carbocycles. The van der Waals surface area contributed by atoms with E-state index >= 15 is 0 Å². The summed E-state index contributed by atoms with van der Waals surface area (Å²) in [6.45, 7) is 24.8. The number of hydrogen-bond acceptors (Lipinski definition) is 4. The quantitative estimate of drug-likeness (QED) is 0.448. The highest BCUT2D eigenvalue weighted by Gasteiger charge is 2.52. The van der Waals surface area contributed by atoms with E-state index in [0.717, 1.165) is 0 Å². The van der Waals surface area contributed by atoms with Crippen LogP contribution < -0.4 is 0 Å². The summed E-state index contributed by atoms with van der Waals surface area (Å²) in [6.07, 6.45) is 1.22. The van der Waals surface area contributed by atoms with Crippen LogP contribution in [-0.4, -0.2) is 32.1 Å². The maximum Gasteiger partial charge on any atom is 0.398 e. The molecule has 0 saturated carbocycles. The van der Waals surface area contributed by atoms with Crippen LogP contribution in [0.4, 0.5) is 0 Å². The van der Waals surface area contributed by atoms with E-state index in [0.29, 0.717) is 0 Å². The molecule has 7 heteroatoms. The van der Waals surface area contributed by atoms with Crippen LogP contribution in [0.15, 0.2) is 12.7 Å². The Balaban J connectivity index is 5.50. The summed E-state index contributed by atoms with van der Waals surface area (Å²) in [5.74, 6) is -0.398. The Morgan fingerprint density at radius 1 is 1.13 bits per heavy atom. The fourth-order valence-corrected chi connectivity index (χ4v) is 15.1. The van der Waals surface area contributed by atoms with E-state index in [1.165, 1.54) is 6.08 Å². The lowest BCUT2D eigenvalue weighted by Gasteiger charge is -2.43. The second kappa shape index (κ2) is 8.24. The van der Waals surface area contributed by atoms with E-state index in [1.54, 1.807) is 0 Å². The van der Waals surface area contributed by atoms with Gasteiger partial charge in [0.2, 0.25) is 0 Å². The third kappa shape index (κ3) is 6.66. The zero-order valence-corrected chi connectivity index (χ0v) is 19.8. The summed E-state index contributed by atoms with van der Waals surface area (Å²) >= 11 is 0. The number of hydrogen-bond donors (Lipinski definition) is 0. The molecule has 0 fully saturated rings. The van der Waals surface area contributed by atoms with Gasteiger partial charge in [-0.3, -0.25) is 0 Å². The van der Waals surface area contributed by atoms with Gasteiger partial charge in [-0.25, -0.2) is 4.79 Å². The van der Waals surface area contributed by atoms with Crippen LogP contribution >= 0.6 is 0 Å². The molecule has 0 saturated heterocycles. The van der Waals surface area contributed by atoms with Crippen LogP contribution in [0.3, 0.4) is 0 Å². The number of carbonyl (C=O) groups excluding carboxylic acids is 1. The molecule has 23 heavy (non-hydrogen) atoms. The maximum atomic E-state index is 11.9. The standard InChI is InChI=1S/C16H36O4Si3/c1-12-15(17)18-23(13(2)3,14(4)5)20-22(10,11)19-21(9)16(6,7)8/h12-14,21H,1H2,2-11H3. The first-order chi connectivity index (χ1) is 10.2. The first kappa shape index (κ1) is 22.8. The molecular formula is C16H36O4Si3. The van der Waals surface area contributed by atoms with Crippen molar-refractivity contribution in [2.45, 2.75) is 84.2 Å². The predicted molar refractivity (Wildman–Crippen MR) is 105 cm³/mol. The minimum atomic E-state index is -2.76. The molecule has 1 unspecified atom stereocenters. The van der Waals surface area contributed by atoms with Gasteiger partial charge in [0, 0.05) is 17.2 Å². The number of rotatable bonds is 8. The van der Waals surface area contributed by atoms with Crippen molar-refractivity contribution in [3.8, 4) is 0 Å². The Kier molecular flexibility index (Phi) is 8.16. The summed E-state index contributed by atoms with van der Waals surface area (Å²) in [5.41, 5.74) is 0.293. The Morgan fingerprint density at radius 2 is 1.57 bits per heavy atom. The van der Waals surface area contributed by atoms with Gasteiger partial charge in [0.25, 0.3) is 0 Å². The normalized spacial score (nSPS) is 15.0. The van der Waals surface area contributed by atoms with Crippen molar-refractivity contribution in [2.75, 3.05) is 0 Å². The van der Waals surface area contributed by atoms with Gasteiger partial charge in [0.1, 0.15) is 0 Å². The van der Waals surface area contributed by atoms with Gasteiger partial charge in [-0.15, -0.1) is 0 Å². The molecule has 0 amide bonds. The molecule has 0 N–H and O–H groups in total. The SMILES string of the molecule is C=CC(=O)O[Si](O[Si](C)(C)O[SiH](C)C(C)(C)C)(C(C)C)C(C)C. The van der Waals surface area contributed by atoms with Crippen LogP contribution in [0.1, 0.15) is 48.5 Å². The molecule has 0 aliphatic heterocycles. The second-order valence-corrected chi connectivity index (χ2v) is 19.8. The molecule has 0 spiro atoms. The molecule has 0 radical (unpaired) electrons. The molecule has 0 bridgehead atoms. The number of carbonyl (C=O) groups is 1. The van der Waals surface area contributed by atoms with Gasteiger partial charge in [-0.05, 0) is 24.7 Å². The summed E-state index contributed by atoms with van der Waals surface area (Å²) in [6, 6.07) is 0. The maximum absolute atomic E-state index is 11.9. The molecule has 1 atom stereocenters. The molecule has 0 aliphatic carbocycles. The van der Waals surface area contributed by atoms with Gasteiger partial charge >= 0.3 is 23.1 Å². The van der Waals surface area contributed by atoms with Gasteiger partial charge in [-0.2, -0.15) is 0 Å². The van der Waals surface area contributed by atoms with Crippen LogP contribution in [0.25, 0.3) is 0 Å². The third-order valence-corrected chi connectivity index (χ3v) is 17.2. The Hall–Kier alpha value is -0.219. The minimum absolute atomic E-state index is 0.147. The van der Waals surface area contributed by atoms with Crippen LogP contribution in [0.2, 0.25) is 35.8 Å². The molecule has 0 aromatic rings. The Labute approximate surface area is 146 Å². The van der Waals surface area contributed by atoms with Crippen LogP contribution in [-0.2, 0) is 17.5 Å². The van der Waals surface area contributed by atoms with Crippen molar-refractivity contribution in [1.29, 1.82) is 0 Å². The van der Waals surface area contributed by atoms with Gasteiger partial charge in [0.15, 0.2) is 9.04 Å². The topological polar surface area (TPSA) is 44.8 Å². The van der Waals surface area contributed by atoms with Crippen molar-refractivity contribution < 1.29 is 17.5 Å². The third-order valence-electron chi connectivity index (χ3n) is 4.12. The highest BCUT2D eigenvalue weighted by Crippen LogP contribution is 2.38. The largest absolute Gasteiger partial charge is 0.491 e. The average Bonchev–Trinajstić information content (AvgIpc) is 2.34. The molecular weight excluding hydrogens is 340 g/mol. The van der Waals surface area contributed by atoms with Crippen molar-refractivity contribution >= 4 is 32.1 Å². The van der Waals surface area contributed by atoms with E-state index in [1.807, 2.05) is 0 Å². The van der Waals surface area contributed by atoms with Crippen molar-refractivity contribution in [3.63, 3.8) is 0 Å². The van der Waals surface area contributed by atoms with Gasteiger partial charge in [0.05, 0.1) is 0 Å². The van der Waals surface area contributed by atoms with E-state index in [4.69, 9.17) is 12.7 Å². The summed E-state index contributed by atoms with van der Waals surface area (Å²) in [5, 5.41) is 0.172. The van der Waals surface area contributed by atoms with E-state index in [-0.39, 0.29) is 16.1 Å². The van der Waals surface area contributed by atoms with Crippen molar-refractivity contribution in [1.82, 2.24) is 0 Å². The summed E-state index contributed by atoms with van der Waals surface area (Å²) in [4.78, 5) is 11.9. The Bertz CT molecular complexity index is 406. The average molecular weight is 377 g/mol. The van der Waals surface area contributed by atoms with Crippen LogP contribution in [0, 0.1) is 0 Å².